The van der Waals surface area contributed by atoms with Crippen molar-refractivity contribution in [1.82, 2.24) is 10.5 Å². The lowest BCUT2D eigenvalue weighted by atomic mass is 10.5. The molecule has 0 aromatic heterocycles. The van der Waals surface area contributed by atoms with Gasteiger partial charge in [-0.25, -0.2) is 5.53 Å². The van der Waals surface area contributed by atoms with E-state index in [0.717, 1.165) is 5.70 Å². The zero-order chi connectivity index (χ0) is 5.98. The lowest BCUT2D eigenvalue weighted by molar-refractivity contribution is 0.309. The standard InChI is InChI=1S/C4H8N4/c1-4-3-8(2)7-6-5-4/h3H,1-2H3,(H,5,7). The Labute approximate surface area is 47.8 Å². The van der Waals surface area contributed by atoms with E-state index in [1.165, 1.54) is 0 Å². The van der Waals surface area contributed by atoms with Crippen molar-refractivity contribution in [2.24, 2.45) is 10.3 Å². The molecule has 0 atom stereocenters. The van der Waals surface area contributed by atoms with Gasteiger partial charge < -0.3 is 0 Å². The van der Waals surface area contributed by atoms with Crippen LogP contribution in [0.4, 0.5) is 0 Å². The second kappa shape index (κ2) is 1.81. The first-order valence-corrected chi connectivity index (χ1v) is 2.36. The number of hydrazine groups is 1. The third-order valence-corrected chi connectivity index (χ3v) is 0.791. The molecule has 8 heavy (non-hydrogen) atoms. The molecule has 1 aliphatic rings. The molecular formula is C4H8N4. The minimum absolute atomic E-state index is 0.909. The third-order valence-electron chi connectivity index (χ3n) is 0.791. The van der Waals surface area contributed by atoms with E-state index in [1.807, 2.05) is 20.2 Å². The summed E-state index contributed by atoms with van der Waals surface area (Å²) in [5, 5.41) is 9.02. The van der Waals surface area contributed by atoms with Gasteiger partial charge in [-0.1, -0.05) is 5.22 Å². The maximum atomic E-state index is 3.71. The highest BCUT2D eigenvalue weighted by atomic mass is 15.7. The van der Waals surface area contributed by atoms with E-state index in [1.54, 1.807) is 5.01 Å². The Morgan fingerprint density at radius 3 is 2.88 bits per heavy atom. The predicted octanol–water partition coefficient (Wildman–Crippen LogP) is 0.665. The average Bonchev–Trinajstić information content (AvgIpc) is 1.64. The van der Waals surface area contributed by atoms with Gasteiger partial charge in [-0.3, -0.25) is 5.01 Å². The first-order chi connectivity index (χ1) is 3.79. The van der Waals surface area contributed by atoms with Gasteiger partial charge in [0.05, 0.1) is 5.70 Å². The number of hydrogen-bond acceptors (Lipinski definition) is 4. The second-order valence-corrected chi connectivity index (χ2v) is 1.68. The summed E-state index contributed by atoms with van der Waals surface area (Å²) in [4.78, 5) is 0. The Hall–Kier alpha value is -1.06. The summed E-state index contributed by atoms with van der Waals surface area (Å²) in [5.74, 6) is 0. The lowest BCUT2D eigenvalue weighted by Gasteiger charge is -2.14. The molecule has 0 aromatic carbocycles. The van der Waals surface area contributed by atoms with Crippen LogP contribution < -0.4 is 5.53 Å². The van der Waals surface area contributed by atoms with Crippen LogP contribution in [0, 0.1) is 0 Å². The minimum Gasteiger partial charge on any atom is -0.279 e. The van der Waals surface area contributed by atoms with Crippen molar-refractivity contribution in [3.8, 4) is 0 Å². The summed E-state index contributed by atoms with van der Waals surface area (Å²) < 4.78 is 0. The highest BCUT2D eigenvalue weighted by Gasteiger charge is 1.93. The van der Waals surface area contributed by atoms with Crippen molar-refractivity contribution < 1.29 is 0 Å². The fourth-order valence-corrected chi connectivity index (χ4v) is 0.507. The molecule has 0 saturated carbocycles. The Bertz CT molecular complexity index is 137. The molecule has 0 bridgehead atoms. The zero-order valence-corrected chi connectivity index (χ0v) is 4.92. The van der Waals surface area contributed by atoms with Gasteiger partial charge in [0, 0.05) is 13.2 Å². The maximum Gasteiger partial charge on any atom is 0.0795 e. The van der Waals surface area contributed by atoms with Crippen LogP contribution in [0.2, 0.25) is 0 Å². The van der Waals surface area contributed by atoms with E-state index < -0.39 is 0 Å². The van der Waals surface area contributed by atoms with Gasteiger partial charge in [-0.05, 0) is 6.92 Å². The predicted molar refractivity (Wildman–Crippen MR) is 29.5 cm³/mol. The average molecular weight is 112 g/mol. The number of hydrogen-bond donors (Lipinski definition) is 1. The van der Waals surface area contributed by atoms with Crippen molar-refractivity contribution in [2.75, 3.05) is 7.05 Å². The normalized spacial score (nSPS) is 17.8. The van der Waals surface area contributed by atoms with E-state index in [9.17, 15) is 0 Å². The summed E-state index contributed by atoms with van der Waals surface area (Å²) in [7, 11) is 1.86. The number of allylic oxidation sites excluding steroid dienone is 1. The van der Waals surface area contributed by atoms with Crippen LogP contribution in [-0.4, -0.2) is 12.1 Å². The fourth-order valence-electron chi connectivity index (χ4n) is 0.507. The van der Waals surface area contributed by atoms with Crippen molar-refractivity contribution in [2.45, 2.75) is 6.92 Å². The maximum absolute atomic E-state index is 3.71. The molecule has 4 heteroatoms. The molecule has 0 aliphatic carbocycles. The summed E-state index contributed by atoms with van der Waals surface area (Å²) in [6.07, 6.45) is 1.85. The topological polar surface area (TPSA) is 40.0 Å². The Balaban J connectivity index is 2.63. The molecule has 0 radical (unpaired) electrons. The van der Waals surface area contributed by atoms with Gasteiger partial charge >= 0.3 is 0 Å². The van der Waals surface area contributed by atoms with Crippen LogP contribution in [0.15, 0.2) is 22.2 Å². The van der Waals surface area contributed by atoms with E-state index in [2.05, 4.69) is 15.9 Å². The Morgan fingerprint density at radius 1 is 1.75 bits per heavy atom. The molecule has 0 fully saturated rings. The quantitative estimate of drug-likeness (QED) is 0.500. The molecule has 0 amide bonds. The smallest absolute Gasteiger partial charge is 0.0795 e. The van der Waals surface area contributed by atoms with Crippen LogP contribution in [-0.2, 0) is 0 Å². The molecule has 1 heterocycles. The van der Waals surface area contributed by atoms with Crippen molar-refractivity contribution in [3.05, 3.63) is 11.9 Å². The van der Waals surface area contributed by atoms with Gasteiger partial charge in [-0.15, -0.1) is 5.11 Å². The number of rotatable bonds is 0. The van der Waals surface area contributed by atoms with Crippen LogP contribution >= 0.6 is 0 Å². The third kappa shape index (κ3) is 0.959. The highest BCUT2D eigenvalue weighted by Crippen LogP contribution is 1.99. The largest absolute Gasteiger partial charge is 0.279 e. The van der Waals surface area contributed by atoms with Crippen LogP contribution in [0.3, 0.4) is 0 Å². The molecule has 0 aromatic rings. The highest BCUT2D eigenvalue weighted by molar-refractivity contribution is 4.93. The molecule has 44 valence electrons. The van der Waals surface area contributed by atoms with Gasteiger partial charge in [0.15, 0.2) is 0 Å². The summed E-state index contributed by atoms with van der Waals surface area (Å²) >= 11 is 0. The molecular weight excluding hydrogens is 104 g/mol. The first kappa shape index (κ1) is 5.08. The van der Waals surface area contributed by atoms with E-state index in [4.69, 9.17) is 0 Å². The molecule has 0 spiro atoms. The van der Waals surface area contributed by atoms with E-state index in [-0.39, 0.29) is 0 Å². The summed E-state index contributed by atoms with van der Waals surface area (Å²) in [6.45, 7) is 1.89. The van der Waals surface area contributed by atoms with Gasteiger partial charge in [0.2, 0.25) is 0 Å². The molecule has 1 rings (SSSR count). The van der Waals surface area contributed by atoms with Crippen LogP contribution in [0.25, 0.3) is 0 Å². The molecule has 4 nitrogen and oxygen atoms in total. The van der Waals surface area contributed by atoms with Gasteiger partial charge in [-0.2, -0.15) is 0 Å². The summed E-state index contributed by atoms with van der Waals surface area (Å²) in [6, 6.07) is 0. The Kier molecular flexibility index (Phi) is 1.15. The van der Waals surface area contributed by atoms with Crippen molar-refractivity contribution in [1.29, 1.82) is 0 Å². The molecule has 1 aliphatic heterocycles. The van der Waals surface area contributed by atoms with Gasteiger partial charge in [0.25, 0.3) is 0 Å². The molecule has 0 saturated heterocycles. The molecule has 0 unspecified atom stereocenters. The monoisotopic (exact) mass is 112 g/mol. The lowest BCUT2D eigenvalue weighted by Crippen LogP contribution is -2.26. The minimum atomic E-state index is 0.909. The second-order valence-electron chi connectivity index (χ2n) is 1.68. The fraction of sp³-hybridized carbons (Fsp3) is 0.500. The Morgan fingerprint density at radius 2 is 2.50 bits per heavy atom. The number of nitrogens with one attached hydrogen (secondary N) is 1. The van der Waals surface area contributed by atoms with E-state index in [0.29, 0.717) is 0 Å². The van der Waals surface area contributed by atoms with Gasteiger partial charge in [0.1, 0.15) is 0 Å². The van der Waals surface area contributed by atoms with Crippen molar-refractivity contribution >= 4 is 0 Å². The van der Waals surface area contributed by atoms with Crippen LogP contribution in [0.5, 0.6) is 0 Å². The van der Waals surface area contributed by atoms with E-state index >= 15 is 0 Å². The SMILES string of the molecule is CC1=CN(C)NN=N1. The number of nitrogens with zero attached hydrogens (tertiary/aromatic N) is 3. The van der Waals surface area contributed by atoms with Crippen molar-refractivity contribution in [3.63, 3.8) is 0 Å². The first-order valence-electron chi connectivity index (χ1n) is 2.36. The summed E-state index contributed by atoms with van der Waals surface area (Å²) in [5.41, 5.74) is 3.54. The van der Waals surface area contributed by atoms with Crippen LogP contribution in [0.1, 0.15) is 6.92 Å². The molecule has 1 N–H and O–H groups in total. The zero-order valence-electron chi connectivity index (χ0n) is 4.92.